The summed E-state index contributed by atoms with van der Waals surface area (Å²) < 4.78 is 12.7. The van der Waals surface area contributed by atoms with Gasteiger partial charge in [-0.15, -0.1) is 0 Å². The maximum atomic E-state index is 12.7. The average Bonchev–Trinajstić information content (AvgIpc) is 2.39. The second kappa shape index (κ2) is 5.27. The Morgan fingerprint density at radius 3 is 2.44 bits per heavy atom. The molecular formula is C15H17FN2. The third-order valence-electron chi connectivity index (χ3n) is 3.00. The van der Waals surface area contributed by atoms with Gasteiger partial charge in [-0.3, -0.25) is 4.98 Å². The molecule has 1 N–H and O–H groups in total. The van der Waals surface area contributed by atoms with Gasteiger partial charge in [-0.05, 0) is 31.5 Å². The summed E-state index contributed by atoms with van der Waals surface area (Å²) in [6.07, 6.45) is 1.24. The first-order chi connectivity index (χ1) is 8.58. The number of nitrogens with one attached hydrogen (secondary N) is 1. The standard InChI is InChI=1S/C15H17FN2/c1-15(2,12-6-4-3-5-7-12)18-11-14-9-8-13(16)10-17-14/h3-10,18H,11H2,1-2H3. The molecule has 0 saturated carbocycles. The normalized spacial score (nSPS) is 11.5. The van der Waals surface area contributed by atoms with Gasteiger partial charge in [0.05, 0.1) is 11.9 Å². The Balaban J connectivity index is 2.03. The molecule has 0 saturated heterocycles. The first-order valence-corrected chi connectivity index (χ1v) is 5.99. The van der Waals surface area contributed by atoms with Crippen molar-refractivity contribution >= 4 is 0 Å². The lowest BCUT2D eigenvalue weighted by molar-refractivity contribution is 0.398. The van der Waals surface area contributed by atoms with E-state index in [9.17, 15) is 4.39 Å². The molecule has 0 bridgehead atoms. The van der Waals surface area contributed by atoms with Gasteiger partial charge in [0.15, 0.2) is 0 Å². The number of benzene rings is 1. The van der Waals surface area contributed by atoms with Gasteiger partial charge >= 0.3 is 0 Å². The van der Waals surface area contributed by atoms with Gasteiger partial charge in [-0.1, -0.05) is 30.3 Å². The fraction of sp³-hybridized carbons (Fsp3) is 0.267. The molecule has 2 nitrogen and oxygen atoms in total. The van der Waals surface area contributed by atoms with Crippen molar-refractivity contribution in [1.82, 2.24) is 10.3 Å². The van der Waals surface area contributed by atoms with E-state index in [1.54, 1.807) is 6.07 Å². The summed E-state index contributed by atoms with van der Waals surface area (Å²) in [5.41, 5.74) is 1.91. The molecule has 3 heteroatoms. The summed E-state index contributed by atoms with van der Waals surface area (Å²) >= 11 is 0. The van der Waals surface area contributed by atoms with Crippen molar-refractivity contribution in [3.8, 4) is 0 Å². The van der Waals surface area contributed by atoms with Gasteiger partial charge in [-0.25, -0.2) is 4.39 Å². The Kier molecular flexibility index (Phi) is 3.72. The van der Waals surface area contributed by atoms with Crippen LogP contribution in [0.25, 0.3) is 0 Å². The van der Waals surface area contributed by atoms with Crippen LogP contribution in [0.4, 0.5) is 4.39 Å². The van der Waals surface area contributed by atoms with Crippen LogP contribution in [0.3, 0.4) is 0 Å². The summed E-state index contributed by atoms with van der Waals surface area (Å²) in [7, 11) is 0. The first kappa shape index (κ1) is 12.7. The smallest absolute Gasteiger partial charge is 0.141 e. The van der Waals surface area contributed by atoms with Crippen molar-refractivity contribution in [2.45, 2.75) is 25.9 Å². The van der Waals surface area contributed by atoms with Gasteiger partial charge < -0.3 is 5.32 Å². The first-order valence-electron chi connectivity index (χ1n) is 5.99. The van der Waals surface area contributed by atoms with Crippen LogP contribution in [0.15, 0.2) is 48.7 Å². The number of nitrogens with zero attached hydrogens (tertiary/aromatic N) is 1. The molecule has 0 amide bonds. The summed E-state index contributed by atoms with van der Waals surface area (Å²) in [6, 6.07) is 13.4. The van der Waals surface area contributed by atoms with E-state index in [0.29, 0.717) is 6.54 Å². The van der Waals surface area contributed by atoms with Gasteiger partial charge in [0.1, 0.15) is 5.82 Å². The predicted molar refractivity (Wildman–Crippen MR) is 70.5 cm³/mol. The molecule has 0 unspecified atom stereocenters. The fourth-order valence-electron chi connectivity index (χ4n) is 1.78. The Bertz CT molecular complexity index is 492. The summed E-state index contributed by atoms with van der Waals surface area (Å²) in [4.78, 5) is 4.04. The van der Waals surface area contributed by atoms with Crippen LogP contribution in [0.1, 0.15) is 25.1 Å². The molecule has 0 spiro atoms. The Morgan fingerprint density at radius 2 is 1.83 bits per heavy atom. The molecule has 0 fully saturated rings. The van der Waals surface area contributed by atoms with Crippen LogP contribution >= 0.6 is 0 Å². The average molecular weight is 244 g/mol. The van der Waals surface area contributed by atoms with E-state index in [1.807, 2.05) is 18.2 Å². The highest BCUT2D eigenvalue weighted by Gasteiger charge is 2.19. The van der Waals surface area contributed by atoms with Crippen molar-refractivity contribution in [3.05, 3.63) is 65.7 Å². The molecule has 1 aromatic heterocycles. The Morgan fingerprint density at radius 1 is 1.11 bits per heavy atom. The summed E-state index contributed by atoms with van der Waals surface area (Å²) in [5.74, 6) is -0.305. The van der Waals surface area contributed by atoms with Crippen LogP contribution in [0, 0.1) is 5.82 Å². The quantitative estimate of drug-likeness (QED) is 0.893. The fourth-order valence-corrected chi connectivity index (χ4v) is 1.78. The molecule has 0 aliphatic heterocycles. The van der Waals surface area contributed by atoms with Crippen LogP contribution in [-0.4, -0.2) is 4.98 Å². The van der Waals surface area contributed by atoms with E-state index < -0.39 is 0 Å². The molecular weight excluding hydrogens is 227 g/mol. The second-order valence-electron chi connectivity index (χ2n) is 4.81. The van der Waals surface area contributed by atoms with Crippen LogP contribution in [0.2, 0.25) is 0 Å². The highest BCUT2D eigenvalue weighted by molar-refractivity contribution is 5.22. The van der Waals surface area contributed by atoms with Crippen molar-refractivity contribution < 1.29 is 4.39 Å². The van der Waals surface area contributed by atoms with E-state index in [-0.39, 0.29) is 11.4 Å². The lowest BCUT2D eigenvalue weighted by Crippen LogP contribution is -2.36. The van der Waals surface area contributed by atoms with Gasteiger partial charge in [-0.2, -0.15) is 0 Å². The van der Waals surface area contributed by atoms with E-state index in [4.69, 9.17) is 0 Å². The lowest BCUT2D eigenvalue weighted by Gasteiger charge is -2.26. The molecule has 0 atom stereocenters. The predicted octanol–water partition coefficient (Wildman–Crippen LogP) is 3.25. The third-order valence-corrected chi connectivity index (χ3v) is 3.00. The van der Waals surface area contributed by atoms with Crippen LogP contribution in [0.5, 0.6) is 0 Å². The number of rotatable bonds is 4. The topological polar surface area (TPSA) is 24.9 Å². The monoisotopic (exact) mass is 244 g/mol. The number of aromatic nitrogens is 1. The second-order valence-corrected chi connectivity index (χ2v) is 4.81. The van der Waals surface area contributed by atoms with Gasteiger partial charge in [0.25, 0.3) is 0 Å². The molecule has 2 aromatic rings. The molecule has 0 aliphatic carbocycles. The molecule has 1 heterocycles. The molecule has 94 valence electrons. The summed E-state index contributed by atoms with van der Waals surface area (Å²) in [6.45, 7) is 4.85. The van der Waals surface area contributed by atoms with Crippen molar-refractivity contribution in [2.75, 3.05) is 0 Å². The van der Waals surface area contributed by atoms with E-state index in [1.165, 1.54) is 17.8 Å². The van der Waals surface area contributed by atoms with Crippen molar-refractivity contribution in [3.63, 3.8) is 0 Å². The van der Waals surface area contributed by atoms with Gasteiger partial charge in [0, 0.05) is 12.1 Å². The van der Waals surface area contributed by atoms with Crippen molar-refractivity contribution in [1.29, 1.82) is 0 Å². The number of hydrogen-bond donors (Lipinski definition) is 1. The maximum Gasteiger partial charge on any atom is 0.141 e. The lowest BCUT2D eigenvalue weighted by atomic mass is 9.94. The Labute approximate surface area is 107 Å². The highest BCUT2D eigenvalue weighted by atomic mass is 19.1. The van der Waals surface area contributed by atoms with Crippen molar-refractivity contribution in [2.24, 2.45) is 0 Å². The minimum Gasteiger partial charge on any atom is -0.302 e. The van der Waals surface area contributed by atoms with Crippen LogP contribution in [-0.2, 0) is 12.1 Å². The number of hydrogen-bond acceptors (Lipinski definition) is 2. The molecule has 2 rings (SSSR count). The largest absolute Gasteiger partial charge is 0.302 e. The molecule has 0 radical (unpaired) electrons. The number of pyridine rings is 1. The zero-order chi connectivity index (χ0) is 13.0. The number of halogens is 1. The van der Waals surface area contributed by atoms with Crippen LogP contribution < -0.4 is 5.32 Å². The Hall–Kier alpha value is -1.74. The third kappa shape index (κ3) is 3.14. The highest BCUT2D eigenvalue weighted by Crippen LogP contribution is 2.19. The molecule has 1 aromatic carbocycles. The molecule has 18 heavy (non-hydrogen) atoms. The van der Waals surface area contributed by atoms with E-state index in [0.717, 1.165) is 5.69 Å². The van der Waals surface area contributed by atoms with E-state index in [2.05, 4.69) is 36.3 Å². The zero-order valence-corrected chi connectivity index (χ0v) is 10.7. The maximum absolute atomic E-state index is 12.7. The minimum absolute atomic E-state index is 0.142. The SMILES string of the molecule is CC(C)(NCc1ccc(F)cn1)c1ccccc1. The minimum atomic E-state index is -0.305. The van der Waals surface area contributed by atoms with Gasteiger partial charge in [0.2, 0.25) is 0 Å². The molecule has 0 aliphatic rings. The van der Waals surface area contributed by atoms with E-state index >= 15 is 0 Å². The zero-order valence-electron chi connectivity index (χ0n) is 10.7. The summed E-state index contributed by atoms with van der Waals surface area (Å²) in [5, 5.41) is 3.43.